The largest absolute Gasteiger partial charge is 0.491 e. The number of rotatable bonds is 6. The molecule has 1 unspecified atom stereocenters. The maximum atomic E-state index is 12.5. The molecule has 3 aromatic rings. The van der Waals surface area contributed by atoms with Gasteiger partial charge >= 0.3 is 0 Å². The monoisotopic (exact) mass is 386 g/mol. The summed E-state index contributed by atoms with van der Waals surface area (Å²) >= 11 is 0. The zero-order chi connectivity index (χ0) is 18.5. The summed E-state index contributed by atoms with van der Waals surface area (Å²) < 4.78 is 5.64. The summed E-state index contributed by atoms with van der Waals surface area (Å²) in [7, 11) is 0. The van der Waals surface area contributed by atoms with Gasteiger partial charge in [-0.1, -0.05) is 30.3 Å². The molecule has 1 amide bonds. The number of carbonyl (C=O) groups is 1. The third kappa shape index (κ3) is 5.32. The number of nitrogens with one attached hydrogen (secondary N) is 2. The number of halogens is 1. The first-order chi connectivity index (χ1) is 12.5. The zero-order valence-electron chi connectivity index (χ0n) is 15.2. The van der Waals surface area contributed by atoms with Crippen LogP contribution in [0.1, 0.15) is 25.5 Å². The third-order valence-corrected chi connectivity index (χ3v) is 3.86. The van der Waals surface area contributed by atoms with Crippen molar-refractivity contribution in [1.29, 1.82) is 0 Å². The fraction of sp³-hybridized carbons (Fsp3) is 0.200. The van der Waals surface area contributed by atoms with Gasteiger partial charge in [-0.15, -0.1) is 12.4 Å². The topological polar surface area (TPSA) is 93.0 Å². The second-order valence-corrected chi connectivity index (χ2v) is 6.27. The Balaban J connectivity index is 0.00000261. The van der Waals surface area contributed by atoms with Gasteiger partial charge in [0, 0.05) is 23.5 Å². The molecule has 1 aromatic heterocycles. The molecule has 0 spiro atoms. The number of amides is 1. The van der Waals surface area contributed by atoms with E-state index in [0.29, 0.717) is 11.4 Å². The van der Waals surface area contributed by atoms with Crippen molar-refractivity contribution < 1.29 is 9.53 Å². The molecule has 3 rings (SSSR count). The van der Waals surface area contributed by atoms with Crippen LogP contribution in [-0.4, -0.2) is 22.2 Å². The number of aromatic nitrogens is 2. The summed E-state index contributed by atoms with van der Waals surface area (Å²) in [4.78, 5) is 12.5. The minimum absolute atomic E-state index is 0. The first kappa shape index (κ1) is 20.5. The van der Waals surface area contributed by atoms with Crippen LogP contribution in [0.5, 0.6) is 5.75 Å². The van der Waals surface area contributed by atoms with Crippen molar-refractivity contribution in [3.8, 4) is 16.9 Å². The highest BCUT2D eigenvalue weighted by atomic mass is 35.5. The minimum atomic E-state index is -0.761. The fourth-order valence-electron chi connectivity index (χ4n) is 2.58. The van der Waals surface area contributed by atoms with E-state index in [-0.39, 0.29) is 24.4 Å². The van der Waals surface area contributed by atoms with E-state index in [9.17, 15) is 4.79 Å². The van der Waals surface area contributed by atoms with E-state index in [1.807, 2.05) is 56.4 Å². The van der Waals surface area contributed by atoms with Gasteiger partial charge in [0.05, 0.1) is 12.3 Å². The third-order valence-electron chi connectivity index (χ3n) is 3.86. The van der Waals surface area contributed by atoms with E-state index >= 15 is 0 Å². The van der Waals surface area contributed by atoms with Crippen molar-refractivity contribution in [3.63, 3.8) is 0 Å². The number of hydrogen-bond acceptors (Lipinski definition) is 4. The molecule has 0 fully saturated rings. The Hall–Kier alpha value is -2.83. The normalized spacial score (nSPS) is 11.6. The van der Waals surface area contributed by atoms with Gasteiger partial charge in [0.1, 0.15) is 11.8 Å². The molecule has 0 aliphatic carbocycles. The maximum absolute atomic E-state index is 12.5. The molecule has 0 saturated carbocycles. The number of aromatic amines is 1. The van der Waals surface area contributed by atoms with Crippen LogP contribution in [0, 0.1) is 0 Å². The molecule has 7 heteroatoms. The van der Waals surface area contributed by atoms with Gasteiger partial charge in [0.25, 0.3) is 0 Å². The quantitative estimate of drug-likeness (QED) is 0.598. The van der Waals surface area contributed by atoms with Crippen molar-refractivity contribution in [3.05, 3.63) is 66.5 Å². The van der Waals surface area contributed by atoms with Crippen molar-refractivity contribution in [2.75, 3.05) is 5.32 Å². The van der Waals surface area contributed by atoms with E-state index in [4.69, 9.17) is 10.5 Å². The molecule has 1 atom stereocenters. The Morgan fingerprint density at radius 2 is 1.89 bits per heavy atom. The van der Waals surface area contributed by atoms with Crippen molar-refractivity contribution in [2.24, 2.45) is 5.73 Å². The van der Waals surface area contributed by atoms with Gasteiger partial charge in [0.15, 0.2) is 0 Å². The molecule has 0 radical (unpaired) electrons. The van der Waals surface area contributed by atoms with Crippen LogP contribution in [-0.2, 0) is 4.79 Å². The number of ether oxygens (including phenoxy) is 1. The second kappa shape index (κ2) is 9.21. The summed E-state index contributed by atoms with van der Waals surface area (Å²) in [6.45, 7) is 3.91. The van der Waals surface area contributed by atoms with Gasteiger partial charge in [-0.2, -0.15) is 5.10 Å². The summed E-state index contributed by atoms with van der Waals surface area (Å²) in [6.07, 6.45) is 3.62. The lowest BCUT2D eigenvalue weighted by molar-refractivity contribution is -0.117. The van der Waals surface area contributed by atoms with Gasteiger partial charge in [0.2, 0.25) is 5.91 Å². The molecule has 6 nitrogen and oxygen atoms in total. The average Bonchev–Trinajstić information content (AvgIpc) is 3.15. The Kier molecular flexibility index (Phi) is 6.98. The van der Waals surface area contributed by atoms with E-state index in [0.717, 1.165) is 16.7 Å². The molecule has 0 saturated heterocycles. The van der Waals surface area contributed by atoms with Crippen molar-refractivity contribution >= 4 is 24.0 Å². The Bertz CT molecular complexity index is 864. The highest BCUT2D eigenvalue weighted by Gasteiger charge is 2.16. The smallest absolute Gasteiger partial charge is 0.245 e. The van der Waals surface area contributed by atoms with Crippen molar-refractivity contribution in [2.45, 2.75) is 26.0 Å². The minimum Gasteiger partial charge on any atom is -0.491 e. The van der Waals surface area contributed by atoms with Crippen LogP contribution in [0.2, 0.25) is 0 Å². The molecule has 4 N–H and O–H groups in total. The van der Waals surface area contributed by atoms with E-state index in [2.05, 4.69) is 15.5 Å². The Morgan fingerprint density at radius 1 is 1.15 bits per heavy atom. The number of hydrogen-bond donors (Lipinski definition) is 3. The molecule has 1 heterocycles. The highest BCUT2D eigenvalue weighted by molar-refractivity contribution is 5.95. The lowest BCUT2D eigenvalue weighted by Gasteiger charge is -2.15. The molecule has 0 aliphatic rings. The summed E-state index contributed by atoms with van der Waals surface area (Å²) in [5.74, 6) is 0.429. The maximum Gasteiger partial charge on any atom is 0.245 e. The lowest BCUT2D eigenvalue weighted by atomic mass is 10.0. The van der Waals surface area contributed by atoms with Crippen LogP contribution in [0.4, 0.5) is 5.69 Å². The van der Waals surface area contributed by atoms with Gasteiger partial charge < -0.3 is 15.8 Å². The van der Waals surface area contributed by atoms with Gasteiger partial charge in [-0.05, 0) is 37.1 Å². The SMILES string of the molecule is CC(C)Oc1cccc(NC(=O)C(N)c2ccc(-c3cn[nH]c3)cc2)c1.Cl. The molecule has 0 bridgehead atoms. The molecular formula is C20H23ClN4O2. The summed E-state index contributed by atoms with van der Waals surface area (Å²) in [5.41, 5.74) is 9.49. The fourth-order valence-corrected chi connectivity index (χ4v) is 2.58. The second-order valence-electron chi connectivity index (χ2n) is 6.27. The van der Waals surface area contributed by atoms with Crippen LogP contribution in [0.25, 0.3) is 11.1 Å². The van der Waals surface area contributed by atoms with E-state index < -0.39 is 6.04 Å². The molecule has 27 heavy (non-hydrogen) atoms. The van der Waals surface area contributed by atoms with E-state index in [1.165, 1.54) is 0 Å². The Morgan fingerprint density at radius 3 is 2.52 bits per heavy atom. The number of benzene rings is 2. The molecule has 142 valence electrons. The van der Waals surface area contributed by atoms with Crippen LogP contribution < -0.4 is 15.8 Å². The predicted molar refractivity (Wildman–Crippen MR) is 109 cm³/mol. The lowest BCUT2D eigenvalue weighted by Crippen LogP contribution is -2.27. The average molecular weight is 387 g/mol. The summed E-state index contributed by atoms with van der Waals surface area (Å²) in [5, 5.41) is 9.55. The Labute approximate surface area is 164 Å². The number of H-pyrrole nitrogens is 1. The van der Waals surface area contributed by atoms with Gasteiger partial charge in [-0.25, -0.2) is 0 Å². The number of anilines is 1. The number of nitrogens with zero attached hydrogens (tertiary/aromatic N) is 1. The predicted octanol–water partition coefficient (Wildman–Crippen LogP) is 3.92. The van der Waals surface area contributed by atoms with Crippen LogP contribution in [0.3, 0.4) is 0 Å². The number of carbonyl (C=O) groups excluding carboxylic acids is 1. The number of nitrogens with two attached hydrogens (primary N) is 1. The van der Waals surface area contributed by atoms with Crippen molar-refractivity contribution in [1.82, 2.24) is 10.2 Å². The van der Waals surface area contributed by atoms with E-state index in [1.54, 1.807) is 18.3 Å². The first-order valence-corrected chi connectivity index (χ1v) is 8.45. The van der Waals surface area contributed by atoms with Crippen LogP contribution in [0.15, 0.2) is 60.9 Å². The summed E-state index contributed by atoms with van der Waals surface area (Å²) in [6, 6.07) is 14.1. The zero-order valence-corrected chi connectivity index (χ0v) is 16.0. The van der Waals surface area contributed by atoms with Crippen LogP contribution >= 0.6 is 12.4 Å². The molecule has 0 aliphatic heterocycles. The molecular weight excluding hydrogens is 364 g/mol. The van der Waals surface area contributed by atoms with Gasteiger partial charge in [-0.3, -0.25) is 9.89 Å². The molecule has 2 aromatic carbocycles. The standard InChI is InChI=1S/C20H22N4O2.ClH/c1-13(2)26-18-5-3-4-17(10-18)24-20(25)19(21)15-8-6-14(7-9-15)16-11-22-23-12-16;/h3-13,19H,21H2,1-2H3,(H,22,23)(H,24,25);1H. The highest BCUT2D eigenvalue weighted by Crippen LogP contribution is 2.22. The first-order valence-electron chi connectivity index (χ1n) is 8.45.